The maximum absolute atomic E-state index is 5.64. The Hall–Kier alpha value is -3.20. The highest BCUT2D eigenvalue weighted by atomic mass is 16.5. The number of rotatable bonds is 4. The Labute approximate surface area is 174 Å². The molecule has 30 heavy (non-hydrogen) atoms. The highest BCUT2D eigenvalue weighted by Crippen LogP contribution is 2.36. The molecule has 0 radical (unpaired) electrons. The van der Waals surface area contributed by atoms with Gasteiger partial charge in [0.2, 0.25) is 0 Å². The van der Waals surface area contributed by atoms with Crippen molar-refractivity contribution < 1.29 is 4.74 Å². The number of H-pyrrole nitrogens is 1. The van der Waals surface area contributed by atoms with E-state index >= 15 is 0 Å². The first-order valence-corrected chi connectivity index (χ1v) is 10.3. The van der Waals surface area contributed by atoms with E-state index in [1.165, 1.54) is 0 Å². The van der Waals surface area contributed by atoms with Gasteiger partial charge >= 0.3 is 0 Å². The van der Waals surface area contributed by atoms with Gasteiger partial charge in [0.15, 0.2) is 0 Å². The van der Waals surface area contributed by atoms with Gasteiger partial charge in [-0.2, -0.15) is 15.3 Å². The van der Waals surface area contributed by atoms with Crippen LogP contribution in [-0.2, 0) is 11.8 Å². The van der Waals surface area contributed by atoms with Gasteiger partial charge in [0.25, 0.3) is 0 Å². The second-order valence-electron chi connectivity index (χ2n) is 8.09. The van der Waals surface area contributed by atoms with Crippen molar-refractivity contribution in [2.24, 2.45) is 7.05 Å². The van der Waals surface area contributed by atoms with E-state index in [9.17, 15) is 0 Å². The number of aromatic amines is 1. The van der Waals surface area contributed by atoms with Crippen LogP contribution in [0.4, 0.5) is 5.82 Å². The molecule has 9 nitrogen and oxygen atoms in total. The number of anilines is 1. The smallest absolute Gasteiger partial charge is 0.136 e. The van der Waals surface area contributed by atoms with Crippen molar-refractivity contribution in [2.45, 2.75) is 32.9 Å². The van der Waals surface area contributed by atoms with E-state index in [0.29, 0.717) is 19.3 Å². The number of aromatic nitrogens is 7. The molecule has 1 N–H and O–H groups in total. The van der Waals surface area contributed by atoms with E-state index in [4.69, 9.17) is 14.8 Å². The lowest BCUT2D eigenvalue weighted by atomic mass is 10.1. The number of hydrogen-bond acceptors (Lipinski definition) is 6. The van der Waals surface area contributed by atoms with Crippen molar-refractivity contribution in [2.75, 3.05) is 24.7 Å². The summed E-state index contributed by atoms with van der Waals surface area (Å²) in [5.41, 5.74) is 5.60. The largest absolute Gasteiger partial charge is 0.377 e. The van der Waals surface area contributed by atoms with Crippen LogP contribution in [-0.4, -0.2) is 60.5 Å². The van der Waals surface area contributed by atoms with Gasteiger partial charge in [0, 0.05) is 43.2 Å². The normalized spacial score (nSPS) is 17.4. The number of fused-ring (bicyclic) bond motifs is 1. The van der Waals surface area contributed by atoms with Crippen LogP contribution >= 0.6 is 0 Å². The van der Waals surface area contributed by atoms with E-state index in [0.717, 1.165) is 45.9 Å². The molecule has 0 bridgehead atoms. The Bertz CT molecular complexity index is 1170. The summed E-state index contributed by atoms with van der Waals surface area (Å²) in [6.45, 7) is 8.62. The molecule has 0 spiro atoms. The number of ether oxygens (including phenoxy) is 1. The first kappa shape index (κ1) is 18.8. The summed E-state index contributed by atoms with van der Waals surface area (Å²) >= 11 is 0. The van der Waals surface area contributed by atoms with Crippen LogP contribution in [0.2, 0.25) is 0 Å². The maximum atomic E-state index is 5.64. The summed E-state index contributed by atoms with van der Waals surface area (Å²) in [5, 5.41) is 16.5. The lowest BCUT2D eigenvalue weighted by molar-refractivity contribution is 0.0986. The average molecular weight is 406 g/mol. The van der Waals surface area contributed by atoms with Crippen molar-refractivity contribution in [1.29, 1.82) is 0 Å². The third-order valence-corrected chi connectivity index (χ3v) is 5.64. The minimum atomic E-state index is 0.252. The zero-order valence-electron chi connectivity index (χ0n) is 17.7. The summed E-state index contributed by atoms with van der Waals surface area (Å²) in [6.07, 6.45) is 5.75. The Morgan fingerprint density at radius 1 is 1.30 bits per heavy atom. The highest BCUT2D eigenvalue weighted by Gasteiger charge is 2.25. The highest BCUT2D eigenvalue weighted by molar-refractivity contribution is 6.00. The predicted octanol–water partition coefficient (Wildman–Crippen LogP) is 3.03. The molecule has 0 saturated carbocycles. The van der Waals surface area contributed by atoms with Gasteiger partial charge in [-0.15, -0.1) is 0 Å². The molecule has 4 aromatic heterocycles. The minimum Gasteiger partial charge on any atom is -0.377 e. The molecule has 1 atom stereocenters. The Morgan fingerprint density at radius 2 is 2.17 bits per heavy atom. The van der Waals surface area contributed by atoms with Crippen molar-refractivity contribution in [3.05, 3.63) is 30.7 Å². The summed E-state index contributed by atoms with van der Waals surface area (Å²) in [7, 11) is 1.96. The van der Waals surface area contributed by atoms with Gasteiger partial charge in [-0.25, -0.2) is 4.98 Å². The third kappa shape index (κ3) is 3.06. The van der Waals surface area contributed by atoms with Gasteiger partial charge in [-0.3, -0.25) is 14.5 Å². The predicted molar refractivity (Wildman–Crippen MR) is 115 cm³/mol. The van der Waals surface area contributed by atoms with Crippen molar-refractivity contribution in [3.63, 3.8) is 0 Å². The number of nitrogens with zero attached hydrogens (tertiary/aromatic N) is 7. The van der Waals surface area contributed by atoms with Crippen LogP contribution in [0.25, 0.3) is 33.5 Å². The standard InChI is InChI=1S/C21H26N8O/c1-13(2)29-11-15(10-23-29)16-9-18(28-7-8-30-12-14(28)3)24-20-19(17-5-6-22-25-17)26-27(4)21(16)20/h5-6,9-11,13-14H,7-8,12H2,1-4H3,(H,22,25). The molecule has 5 rings (SSSR count). The Kier molecular flexibility index (Phi) is 4.54. The number of hydrogen-bond donors (Lipinski definition) is 1. The van der Waals surface area contributed by atoms with Crippen LogP contribution in [0, 0.1) is 0 Å². The number of pyridine rings is 1. The SMILES string of the molecule is CC1COCCN1c1cc(-c2cnn(C(C)C)c2)c2c(n1)c(-c1ccn[nH]1)nn2C. The van der Waals surface area contributed by atoms with Gasteiger partial charge in [-0.05, 0) is 32.9 Å². The molecule has 1 aliphatic heterocycles. The van der Waals surface area contributed by atoms with Crippen molar-refractivity contribution in [1.82, 2.24) is 34.7 Å². The van der Waals surface area contributed by atoms with Crippen LogP contribution in [0.5, 0.6) is 0 Å². The molecule has 4 aromatic rings. The zero-order valence-corrected chi connectivity index (χ0v) is 17.7. The monoisotopic (exact) mass is 406 g/mol. The number of nitrogens with one attached hydrogen (secondary N) is 1. The number of morpholine rings is 1. The maximum Gasteiger partial charge on any atom is 0.136 e. The molecular weight excluding hydrogens is 380 g/mol. The Balaban J connectivity index is 1.76. The molecule has 156 valence electrons. The second kappa shape index (κ2) is 7.24. The molecule has 1 aliphatic rings. The molecule has 0 aliphatic carbocycles. The number of aryl methyl sites for hydroxylation is 1. The van der Waals surface area contributed by atoms with Crippen LogP contribution in [0.1, 0.15) is 26.8 Å². The fourth-order valence-corrected chi connectivity index (χ4v) is 4.03. The molecule has 9 heteroatoms. The van der Waals surface area contributed by atoms with Gasteiger partial charge in [0.1, 0.15) is 17.0 Å². The van der Waals surface area contributed by atoms with E-state index < -0.39 is 0 Å². The summed E-state index contributed by atoms with van der Waals surface area (Å²) in [4.78, 5) is 7.37. The molecule has 0 amide bonds. The minimum absolute atomic E-state index is 0.252. The van der Waals surface area contributed by atoms with Crippen LogP contribution in [0.15, 0.2) is 30.7 Å². The van der Waals surface area contributed by atoms with Crippen molar-refractivity contribution >= 4 is 16.9 Å². The molecule has 5 heterocycles. The Morgan fingerprint density at radius 3 is 2.87 bits per heavy atom. The average Bonchev–Trinajstić information content (AvgIpc) is 3.48. The van der Waals surface area contributed by atoms with E-state index in [1.807, 2.05) is 28.7 Å². The second-order valence-corrected chi connectivity index (χ2v) is 8.09. The van der Waals surface area contributed by atoms with E-state index in [-0.39, 0.29) is 6.04 Å². The summed E-state index contributed by atoms with van der Waals surface area (Å²) in [5.74, 6) is 0.930. The molecular formula is C21H26N8O. The molecule has 1 saturated heterocycles. The first-order valence-electron chi connectivity index (χ1n) is 10.3. The quantitative estimate of drug-likeness (QED) is 0.560. The molecule has 1 unspecified atom stereocenters. The first-order chi connectivity index (χ1) is 14.5. The van der Waals surface area contributed by atoms with Crippen molar-refractivity contribution in [3.8, 4) is 22.5 Å². The third-order valence-electron chi connectivity index (χ3n) is 5.64. The van der Waals surface area contributed by atoms with Crippen LogP contribution < -0.4 is 4.90 Å². The van der Waals surface area contributed by atoms with Gasteiger partial charge in [-0.1, -0.05) is 0 Å². The fourth-order valence-electron chi connectivity index (χ4n) is 4.03. The fraction of sp³-hybridized carbons (Fsp3) is 0.429. The van der Waals surface area contributed by atoms with E-state index in [1.54, 1.807) is 6.20 Å². The topological polar surface area (TPSA) is 89.7 Å². The van der Waals surface area contributed by atoms with E-state index in [2.05, 4.69) is 53.2 Å². The zero-order chi connectivity index (χ0) is 20.8. The summed E-state index contributed by atoms with van der Waals surface area (Å²) < 4.78 is 9.51. The van der Waals surface area contributed by atoms with Crippen LogP contribution in [0.3, 0.4) is 0 Å². The lowest BCUT2D eigenvalue weighted by Crippen LogP contribution is -2.44. The lowest BCUT2D eigenvalue weighted by Gasteiger charge is -2.34. The van der Waals surface area contributed by atoms with Gasteiger partial charge < -0.3 is 9.64 Å². The van der Waals surface area contributed by atoms with Gasteiger partial charge in [0.05, 0.1) is 36.7 Å². The summed E-state index contributed by atoms with van der Waals surface area (Å²) in [6, 6.07) is 4.62. The molecule has 0 aromatic carbocycles. The molecule has 1 fully saturated rings.